The second-order valence-corrected chi connectivity index (χ2v) is 8.24. The third kappa shape index (κ3) is 3.70. The topological polar surface area (TPSA) is 97.9 Å². The molecule has 0 bridgehead atoms. The minimum atomic E-state index is -3.20. The molecule has 1 saturated carbocycles. The zero-order valence-corrected chi connectivity index (χ0v) is 17.9. The molecule has 3 heterocycles. The first-order valence-corrected chi connectivity index (χ1v) is 10.4. The lowest BCUT2D eigenvalue weighted by atomic mass is 9.81. The van der Waals surface area contributed by atoms with E-state index in [-0.39, 0.29) is 17.7 Å². The van der Waals surface area contributed by atoms with E-state index < -0.39 is 35.9 Å². The summed E-state index contributed by atoms with van der Waals surface area (Å²) in [5.74, 6) is -1.18. The van der Waals surface area contributed by atoms with Crippen molar-refractivity contribution in [2.75, 3.05) is 20.3 Å². The third-order valence-electron chi connectivity index (χ3n) is 6.03. The highest BCUT2D eigenvalue weighted by Crippen LogP contribution is 2.38. The standard InChI is InChI=1S/C23H19F3N4O4/c1-32-17-4-12(5-18(34-22(25)26)20(17)21(31)29-15-7-14(15)24)16-8-28-19-6-13(2-3-30(16)19)23(9-27)10-33-11-23/h2-6,8,14-15,22H,7,10-11H2,1H3,(H,29,31)/t14-,15+/m0/s1. The van der Waals surface area contributed by atoms with Gasteiger partial charge >= 0.3 is 6.61 Å². The zero-order chi connectivity index (χ0) is 24.0. The molecule has 1 aliphatic carbocycles. The van der Waals surface area contributed by atoms with Crippen LogP contribution in [0.25, 0.3) is 16.9 Å². The van der Waals surface area contributed by atoms with Gasteiger partial charge in [0.2, 0.25) is 0 Å². The number of methoxy groups -OCH3 is 1. The molecule has 1 saturated heterocycles. The first-order chi connectivity index (χ1) is 16.3. The van der Waals surface area contributed by atoms with E-state index in [1.54, 1.807) is 22.7 Å². The van der Waals surface area contributed by atoms with E-state index in [4.69, 9.17) is 9.47 Å². The number of hydrogen-bond acceptors (Lipinski definition) is 6. The second kappa shape index (κ2) is 8.22. The highest BCUT2D eigenvalue weighted by atomic mass is 19.3. The first-order valence-electron chi connectivity index (χ1n) is 10.4. The summed E-state index contributed by atoms with van der Waals surface area (Å²) in [6, 6.07) is 7.96. The van der Waals surface area contributed by atoms with Crippen molar-refractivity contribution in [3.8, 4) is 28.8 Å². The maximum atomic E-state index is 13.3. The van der Waals surface area contributed by atoms with Crippen molar-refractivity contribution in [2.24, 2.45) is 0 Å². The number of carbonyl (C=O) groups excluding carboxylic acids is 1. The number of nitrogens with zero attached hydrogens (tertiary/aromatic N) is 3. The number of aromatic nitrogens is 2. The predicted molar refractivity (Wildman–Crippen MR) is 113 cm³/mol. The monoisotopic (exact) mass is 472 g/mol. The zero-order valence-electron chi connectivity index (χ0n) is 17.9. The van der Waals surface area contributed by atoms with Crippen molar-refractivity contribution in [3.63, 3.8) is 0 Å². The number of imidazole rings is 1. The highest BCUT2D eigenvalue weighted by molar-refractivity contribution is 6.01. The molecule has 1 N–H and O–H groups in total. The maximum absolute atomic E-state index is 13.3. The number of nitrogens with one attached hydrogen (secondary N) is 1. The Morgan fingerprint density at radius 1 is 1.35 bits per heavy atom. The Kier molecular flexibility index (Phi) is 5.32. The largest absolute Gasteiger partial charge is 0.496 e. The van der Waals surface area contributed by atoms with Crippen molar-refractivity contribution in [1.29, 1.82) is 5.26 Å². The van der Waals surface area contributed by atoms with Crippen LogP contribution in [0.3, 0.4) is 0 Å². The predicted octanol–water partition coefficient (Wildman–Crippen LogP) is 3.24. The number of benzene rings is 1. The molecule has 2 aromatic heterocycles. The van der Waals surface area contributed by atoms with Crippen LogP contribution in [-0.4, -0.2) is 54.4 Å². The lowest BCUT2D eigenvalue weighted by molar-refractivity contribution is -0.0502. The molecule has 3 aromatic rings. The van der Waals surface area contributed by atoms with Crippen LogP contribution in [0.2, 0.25) is 0 Å². The number of pyridine rings is 1. The average molecular weight is 472 g/mol. The number of amides is 1. The van der Waals surface area contributed by atoms with Crippen LogP contribution in [0.5, 0.6) is 11.5 Å². The lowest BCUT2D eigenvalue weighted by Crippen LogP contribution is -2.45. The summed E-state index contributed by atoms with van der Waals surface area (Å²) in [4.78, 5) is 17.1. The molecule has 2 atom stereocenters. The van der Waals surface area contributed by atoms with Gasteiger partial charge in [0.25, 0.3) is 5.91 Å². The van der Waals surface area contributed by atoms with Gasteiger partial charge in [0.15, 0.2) is 0 Å². The number of halogens is 3. The van der Waals surface area contributed by atoms with Gasteiger partial charge in [-0.2, -0.15) is 14.0 Å². The van der Waals surface area contributed by atoms with Gasteiger partial charge in [-0.05, 0) is 29.8 Å². The van der Waals surface area contributed by atoms with E-state index in [9.17, 15) is 23.2 Å². The Morgan fingerprint density at radius 2 is 2.09 bits per heavy atom. The SMILES string of the molecule is COc1cc(-c2cnc3cc(C4(C#N)COC4)ccn23)cc(OC(F)F)c1C(=O)N[C@@H]1C[C@@H]1F. The van der Waals surface area contributed by atoms with Crippen LogP contribution in [0.4, 0.5) is 13.2 Å². The molecule has 1 aromatic carbocycles. The van der Waals surface area contributed by atoms with Crippen molar-refractivity contribution >= 4 is 11.6 Å². The number of carbonyl (C=O) groups is 1. The lowest BCUT2D eigenvalue weighted by Gasteiger charge is -2.35. The molecule has 2 fully saturated rings. The molecule has 11 heteroatoms. The molecule has 1 aliphatic heterocycles. The van der Waals surface area contributed by atoms with Crippen LogP contribution < -0.4 is 14.8 Å². The van der Waals surface area contributed by atoms with Crippen LogP contribution in [-0.2, 0) is 10.2 Å². The van der Waals surface area contributed by atoms with Crippen LogP contribution in [0.1, 0.15) is 22.3 Å². The fourth-order valence-electron chi connectivity index (χ4n) is 3.96. The summed E-state index contributed by atoms with van der Waals surface area (Å²) in [5.41, 5.74) is 1.26. The molecule has 1 amide bonds. The van der Waals surface area contributed by atoms with E-state index in [0.29, 0.717) is 30.1 Å². The summed E-state index contributed by atoms with van der Waals surface area (Å²) in [5, 5.41) is 12.0. The minimum Gasteiger partial charge on any atom is -0.496 e. The van der Waals surface area contributed by atoms with E-state index in [1.165, 1.54) is 25.4 Å². The van der Waals surface area contributed by atoms with Crippen molar-refractivity contribution in [2.45, 2.75) is 30.7 Å². The Bertz CT molecular complexity index is 1320. The number of rotatable bonds is 7. The van der Waals surface area contributed by atoms with Gasteiger partial charge in [-0.3, -0.25) is 9.20 Å². The molecule has 2 aliphatic rings. The summed E-state index contributed by atoms with van der Waals surface area (Å²) in [7, 11) is 1.29. The number of alkyl halides is 3. The molecule has 0 spiro atoms. The summed E-state index contributed by atoms with van der Waals surface area (Å²) < 4.78 is 56.5. The van der Waals surface area contributed by atoms with E-state index >= 15 is 0 Å². The Hall–Kier alpha value is -3.78. The van der Waals surface area contributed by atoms with Gasteiger partial charge in [0.1, 0.15) is 34.3 Å². The molecular formula is C23H19F3N4O4. The molecular weight excluding hydrogens is 453 g/mol. The molecule has 8 nitrogen and oxygen atoms in total. The Labute approximate surface area is 191 Å². The second-order valence-electron chi connectivity index (χ2n) is 8.24. The van der Waals surface area contributed by atoms with Crippen molar-refractivity contribution in [1.82, 2.24) is 14.7 Å². The smallest absolute Gasteiger partial charge is 0.387 e. The molecule has 0 radical (unpaired) electrons. The Morgan fingerprint density at radius 3 is 2.68 bits per heavy atom. The minimum absolute atomic E-state index is 0.0108. The molecule has 176 valence electrons. The quantitative estimate of drug-likeness (QED) is 0.567. The van der Waals surface area contributed by atoms with Gasteiger partial charge in [-0.1, -0.05) is 0 Å². The molecule has 34 heavy (non-hydrogen) atoms. The van der Waals surface area contributed by atoms with Gasteiger partial charge < -0.3 is 19.5 Å². The van der Waals surface area contributed by atoms with Gasteiger partial charge in [0.05, 0.1) is 44.3 Å². The fraction of sp³-hybridized carbons (Fsp3) is 0.348. The van der Waals surface area contributed by atoms with Gasteiger partial charge in [-0.25, -0.2) is 9.37 Å². The first kappa shape index (κ1) is 22.0. The van der Waals surface area contributed by atoms with Crippen LogP contribution >= 0.6 is 0 Å². The number of nitriles is 1. The normalized spacial score (nSPS) is 20.5. The van der Waals surface area contributed by atoms with E-state index in [2.05, 4.69) is 21.1 Å². The van der Waals surface area contributed by atoms with Gasteiger partial charge in [-0.15, -0.1) is 0 Å². The molecule has 0 unspecified atom stereocenters. The number of fused-ring (bicyclic) bond motifs is 1. The van der Waals surface area contributed by atoms with Gasteiger partial charge in [0, 0.05) is 18.2 Å². The van der Waals surface area contributed by atoms with E-state index in [0.717, 1.165) is 5.56 Å². The average Bonchev–Trinajstić information content (AvgIpc) is 3.29. The highest BCUT2D eigenvalue weighted by Gasteiger charge is 2.41. The van der Waals surface area contributed by atoms with Crippen LogP contribution in [0, 0.1) is 11.3 Å². The Balaban J connectivity index is 1.57. The van der Waals surface area contributed by atoms with Crippen molar-refractivity contribution < 1.29 is 32.2 Å². The number of hydrogen-bond donors (Lipinski definition) is 1. The fourth-order valence-corrected chi connectivity index (χ4v) is 3.96. The third-order valence-corrected chi connectivity index (χ3v) is 6.03. The van der Waals surface area contributed by atoms with E-state index in [1.807, 2.05) is 0 Å². The number of ether oxygens (including phenoxy) is 3. The summed E-state index contributed by atoms with van der Waals surface area (Å²) in [6.07, 6.45) is 2.26. The van der Waals surface area contributed by atoms with Crippen LogP contribution in [0.15, 0.2) is 36.7 Å². The summed E-state index contributed by atoms with van der Waals surface area (Å²) in [6.45, 7) is -2.60. The molecule has 5 rings (SSSR count). The summed E-state index contributed by atoms with van der Waals surface area (Å²) >= 11 is 0. The van der Waals surface area contributed by atoms with Crippen molar-refractivity contribution in [3.05, 3.63) is 47.8 Å². The maximum Gasteiger partial charge on any atom is 0.387 e.